The molecule has 0 radical (unpaired) electrons. The molecular formula is C26H31N3O6. The molecule has 0 bridgehead atoms. The average molecular weight is 482 g/mol. The number of methoxy groups -OCH3 is 3. The first-order valence-electron chi connectivity index (χ1n) is 11.5. The van der Waals surface area contributed by atoms with Gasteiger partial charge in [-0.3, -0.25) is 9.59 Å². The third-order valence-electron chi connectivity index (χ3n) is 6.73. The van der Waals surface area contributed by atoms with Crippen LogP contribution in [0.5, 0.6) is 23.0 Å². The highest BCUT2D eigenvalue weighted by Gasteiger charge is 2.47. The van der Waals surface area contributed by atoms with Gasteiger partial charge in [0.15, 0.2) is 11.5 Å². The van der Waals surface area contributed by atoms with E-state index in [0.29, 0.717) is 60.0 Å². The predicted octanol–water partition coefficient (Wildman–Crippen LogP) is 3.30. The molecule has 1 N–H and O–H groups in total. The molecule has 2 heterocycles. The van der Waals surface area contributed by atoms with Crippen molar-refractivity contribution < 1.29 is 28.9 Å². The first kappa shape index (κ1) is 24.4. The fourth-order valence-corrected chi connectivity index (χ4v) is 4.70. The van der Waals surface area contributed by atoms with Crippen LogP contribution in [0.4, 0.5) is 0 Å². The molecule has 0 unspecified atom stereocenters. The van der Waals surface area contributed by atoms with Gasteiger partial charge in [-0.25, -0.2) is 5.01 Å². The number of likely N-dealkylation sites (tertiary alicyclic amines) is 1. The number of phenolic OH excluding ortho intramolecular Hbond substituents is 1. The Hall–Kier alpha value is -3.75. The summed E-state index contributed by atoms with van der Waals surface area (Å²) in [6.07, 6.45) is 1.19. The summed E-state index contributed by atoms with van der Waals surface area (Å²) in [5.74, 6) is 1.02. The van der Waals surface area contributed by atoms with Crippen LogP contribution in [0, 0.1) is 5.41 Å². The van der Waals surface area contributed by atoms with Crippen LogP contribution in [0.3, 0.4) is 0 Å². The van der Waals surface area contributed by atoms with Crippen molar-refractivity contribution >= 4 is 17.5 Å². The zero-order valence-electron chi connectivity index (χ0n) is 20.7. The highest BCUT2D eigenvalue weighted by molar-refractivity contribution is 6.19. The normalized spacial score (nSPS) is 17.9. The van der Waals surface area contributed by atoms with Gasteiger partial charge in [-0.1, -0.05) is 6.07 Å². The van der Waals surface area contributed by atoms with Crippen molar-refractivity contribution in [3.05, 3.63) is 47.5 Å². The number of aromatic hydroxyl groups is 1. The number of carbonyl (C=O) groups excluding carboxylic acids is 2. The Morgan fingerprint density at radius 3 is 2.14 bits per heavy atom. The smallest absolute Gasteiger partial charge is 0.261 e. The van der Waals surface area contributed by atoms with Gasteiger partial charge < -0.3 is 24.2 Å². The van der Waals surface area contributed by atoms with E-state index in [1.54, 1.807) is 46.3 Å². The number of amides is 2. The number of carbonyl (C=O) groups is 2. The average Bonchev–Trinajstić information content (AvgIpc) is 3.11. The Kier molecular flexibility index (Phi) is 6.60. The number of hydrogen-bond donors (Lipinski definition) is 1. The zero-order chi connectivity index (χ0) is 25.3. The largest absolute Gasteiger partial charge is 0.504 e. The number of rotatable bonds is 6. The minimum absolute atomic E-state index is 0.00649. The maximum absolute atomic E-state index is 13.3. The highest BCUT2D eigenvalue weighted by atomic mass is 16.5. The molecule has 4 rings (SSSR count). The second-order valence-electron chi connectivity index (χ2n) is 9.17. The Morgan fingerprint density at radius 2 is 1.60 bits per heavy atom. The minimum Gasteiger partial charge on any atom is -0.504 e. The van der Waals surface area contributed by atoms with Gasteiger partial charge in [0, 0.05) is 18.7 Å². The van der Waals surface area contributed by atoms with Gasteiger partial charge in [-0.05, 0) is 57.0 Å². The third-order valence-corrected chi connectivity index (χ3v) is 6.73. The van der Waals surface area contributed by atoms with Crippen molar-refractivity contribution in [1.82, 2.24) is 9.91 Å². The zero-order valence-corrected chi connectivity index (χ0v) is 20.7. The molecule has 0 aromatic heterocycles. The molecule has 1 saturated heterocycles. The van der Waals surface area contributed by atoms with Crippen molar-refractivity contribution in [2.24, 2.45) is 10.5 Å². The Morgan fingerprint density at radius 1 is 1.00 bits per heavy atom. The van der Waals surface area contributed by atoms with E-state index >= 15 is 0 Å². The summed E-state index contributed by atoms with van der Waals surface area (Å²) in [6, 6.07) is 10.1. The summed E-state index contributed by atoms with van der Waals surface area (Å²) in [5.41, 5.74) is 0.811. The number of hydrazone groups is 1. The molecular weight excluding hydrogens is 450 g/mol. The van der Waals surface area contributed by atoms with Crippen LogP contribution in [0.1, 0.15) is 42.6 Å². The fourth-order valence-electron chi connectivity index (χ4n) is 4.70. The number of hydrogen-bond acceptors (Lipinski definition) is 7. The van der Waals surface area contributed by atoms with Crippen LogP contribution in [0.15, 0.2) is 41.5 Å². The van der Waals surface area contributed by atoms with Crippen molar-refractivity contribution in [2.75, 3.05) is 34.4 Å². The van der Waals surface area contributed by atoms with Gasteiger partial charge in [-0.15, -0.1) is 0 Å². The Labute approximate surface area is 204 Å². The summed E-state index contributed by atoms with van der Waals surface area (Å²) in [5, 5.41) is 16.5. The third kappa shape index (κ3) is 4.26. The molecule has 9 heteroatoms. The van der Waals surface area contributed by atoms with Gasteiger partial charge in [0.05, 0.1) is 38.5 Å². The lowest BCUT2D eigenvalue weighted by Gasteiger charge is -2.36. The van der Waals surface area contributed by atoms with Crippen LogP contribution >= 0.6 is 0 Å². The molecule has 2 aromatic carbocycles. The SMILES string of the molecule is COc1ccc(C2=NN(C3CCN(C(=O)c4c(OC)cccc4OC)CC3)C(=O)C2(C)C)cc1O. The van der Waals surface area contributed by atoms with Crippen LogP contribution in [0.25, 0.3) is 0 Å². The van der Waals surface area contributed by atoms with E-state index < -0.39 is 5.41 Å². The van der Waals surface area contributed by atoms with Crippen LogP contribution < -0.4 is 14.2 Å². The monoisotopic (exact) mass is 481 g/mol. The molecule has 2 aromatic rings. The minimum atomic E-state index is -0.848. The van der Waals surface area contributed by atoms with Crippen LogP contribution in [-0.4, -0.2) is 73.0 Å². The standard InChI is InChI=1S/C26H31N3O6/c1-26(2)23(16-9-10-19(33-3)18(30)15-16)27-29(25(26)32)17-11-13-28(14-12-17)24(31)22-20(34-4)7-6-8-21(22)35-5/h6-10,15,17,30H,11-14H2,1-5H3. The molecule has 2 amide bonds. The Balaban J connectivity index is 1.52. The Bertz CT molecular complexity index is 1150. The second-order valence-corrected chi connectivity index (χ2v) is 9.17. The lowest BCUT2D eigenvalue weighted by atomic mass is 9.83. The number of nitrogens with zero attached hydrogens (tertiary/aromatic N) is 3. The summed E-state index contributed by atoms with van der Waals surface area (Å²) < 4.78 is 15.9. The molecule has 0 spiro atoms. The summed E-state index contributed by atoms with van der Waals surface area (Å²) >= 11 is 0. The summed E-state index contributed by atoms with van der Waals surface area (Å²) in [6.45, 7) is 4.62. The lowest BCUT2D eigenvalue weighted by Crippen LogP contribution is -2.47. The molecule has 2 aliphatic heterocycles. The highest BCUT2D eigenvalue weighted by Crippen LogP contribution is 2.38. The van der Waals surface area contributed by atoms with Gasteiger partial charge >= 0.3 is 0 Å². The topological polar surface area (TPSA) is 101 Å². The fraction of sp³-hybridized carbons (Fsp3) is 0.423. The summed E-state index contributed by atoms with van der Waals surface area (Å²) in [4.78, 5) is 28.4. The number of benzene rings is 2. The second kappa shape index (κ2) is 9.48. The first-order chi connectivity index (χ1) is 16.7. The van der Waals surface area contributed by atoms with Crippen molar-refractivity contribution in [1.29, 1.82) is 0 Å². The maximum atomic E-state index is 13.3. The van der Waals surface area contributed by atoms with Gasteiger partial charge in [-0.2, -0.15) is 5.10 Å². The molecule has 35 heavy (non-hydrogen) atoms. The molecule has 186 valence electrons. The van der Waals surface area contributed by atoms with E-state index in [-0.39, 0.29) is 23.6 Å². The number of ether oxygens (including phenoxy) is 3. The molecule has 0 saturated carbocycles. The van der Waals surface area contributed by atoms with Gasteiger partial charge in [0.25, 0.3) is 11.8 Å². The van der Waals surface area contributed by atoms with Crippen molar-refractivity contribution in [3.63, 3.8) is 0 Å². The van der Waals surface area contributed by atoms with E-state index in [1.807, 2.05) is 13.8 Å². The predicted molar refractivity (Wildman–Crippen MR) is 130 cm³/mol. The molecule has 0 atom stereocenters. The van der Waals surface area contributed by atoms with E-state index in [0.717, 1.165) is 0 Å². The summed E-state index contributed by atoms with van der Waals surface area (Å²) in [7, 11) is 4.53. The molecule has 0 aliphatic carbocycles. The van der Waals surface area contributed by atoms with Gasteiger partial charge in [0.2, 0.25) is 0 Å². The van der Waals surface area contributed by atoms with E-state index in [2.05, 4.69) is 0 Å². The van der Waals surface area contributed by atoms with E-state index in [4.69, 9.17) is 19.3 Å². The van der Waals surface area contributed by atoms with E-state index in [9.17, 15) is 14.7 Å². The van der Waals surface area contributed by atoms with E-state index in [1.165, 1.54) is 21.3 Å². The first-order valence-corrected chi connectivity index (χ1v) is 11.5. The number of piperidine rings is 1. The quantitative estimate of drug-likeness (QED) is 0.680. The van der Waals surface area contributed by atoms with Crippen molar-refractivity contribution in [3.8, 4) is 23.0 Å². The van der Waals surface area contributed by atoms with Crippen LogP contribution in [-0.2, 0) is 4.79 Å². The lowest BCUT2D eigenvalue weighted by molar-refractivity contribution is -0.137. The molecule has 2 aliphatic rings. The van der Waals surface area contributed by atoms with Gasteiger partial charge in [0.1, 0.15) is 17.1 Å². The van der Waals surface area contributed by atoms with Crippen LogP contribution in [0.2, 0.25) is 0 Å². The molecule has 9 nitrogen and oxygen atoms in total. The maximum Gasteiger partial charge on any atom is 0.261 e. The van der Waals surface area contributed by atoms with Crippen molar-refractivity contribution in [2.45, 2.75) is 32.7 Å². The molecule has 1 fully saturated rings. The number of phenols is 1.